The van der Waals surface area contributed by atoms with Gasteiger partial charge in [0.2, 0.25) is 0 Å². The number of para-hydroxylation sites is 1. The molecule has 4 aromatic rings. The second-order valence-electron chi connectivity index (χ2n) is 6.07. The van der Waals surface area contributed by atoms with Crippen molar-refractivity contribution in [2.24, 2.45) is 0 Å². The number of nitrogens with zero attached hydrogens (tertiary/aromatic N) is 2. The molecule has 2 amide bonds. The summed E-state index contributed by atoms with van der Waals surface area (Å²) in [6.07, 6.45) is 0. The number of aryl methyl sites for hydroxylation is 1. The fourth-order valence-corrected chi connectivity index (χ4v) is 2.95. The molecule has 0 aliphatic heterocycles. The first-order valence-corrected chi connectivity index (χ1v) is 8.67. The molecule has 8 heteroatoms. The Hall–Kier alpha value is -3.94. The van der Waals surface area contributed by atoms with Crippen LogP contribution in [-0.2, 0) is 6.54 Å². The maximum absolute atomic E-state index is 12.6. The molecule has 0 saturated heterocycles. The molecule has 0 atom stereocenters. The van der Waals surface area contributed by atoms with E-state index in [4.69, 9.17) is 4.42 Å². The van der Waals surface area contributed by atoms with Gasteiger partial charge in [-0.2, -0.15) is 5.10 Å². The molecule has 2 heterocycles. The smallest absolute Gasteiger partial charge is 0.305 e. The van der Waals surface area contributed by atoms with E-state index in [9.17, 15) is 14.4 Å². The summed E-state index contributed by atoms with van der Waals surface area (Å²) in [5.41, 5.74) is 4.98. The predicted octanol–water partition coefficient (Wildman–Crippen LogP) is 2.24. The molecular formula is C20H16N4O4. The lowest BCUT2D eigenvalue weighted by molar-refractivity contribution is 0.0829. The maximum atomic E-state index is 12.6. The molecule has 0 fully saturated rings. The van der Waals surface area contributed by atoms with Crippen molar-refractivity contribution in [1.29, 1.82) is 0 Å². The maximum Gasteiger partial charge on any atom is 0.305 e. The molecule has 0 bridgehead atoms. The Morgan fingerprint density at radius 1 is 1.00 bits per heavy atom. The van der Waals surface area contributed by atoms with Crippen LogP contribution in [0.4, 0.5) is 0 Å². The van der Waals surface area contributed by atoms with Gasteiger partial charge >= 0.3 is 5.91 Å². The van der Waals surface area contributed by atoms with Crippen molar-refractivity contribution in [2.45, 2.75) is 13.5 Å². The van der Waals surface area contributed by atoms with Crippen LogP contribution in [0.5, 0.6) is 0 Å². The van der Waals surface area contributed by atoms with Crippen molar-refractivity contribution in [2.75, 3.05) is 0 Å². The van der Waals surface area contributed by atoms with E-state index < -0.39 is 11.8 Å². The van der Waals surface area contributed by atoms with E-state index in [1.807, 2.05) is 12.1 Å². The Balaban J connectivity index is 1.59. The first-order chi connectivity index (χ1) is 13.6. The minimum absolute atomic E-state index is 0.0435. The van der Waals surface area contributed by atoms with Crippen molar-refractivity contribution < 1.29 is 14.0 Å². The fraction of sp³-hybridized carbons (Fsp3) is 0.100. The molecule has 8 nitrogen and oxygen atoms in total. The van der Waals surface area contributed by atoms with Crippen LogP contribution in [0, 0.1) is 0 Å². The second-order valence-corrected chi connectivity index (χ2v) is 6.07. The summed E-state index contributed by atoms with van der Waals surface area (Å²) >= 11 is 0. The van der Waals surface area contributed by atoms with E-state index in [1.165, 1.54) is 4.68 Å². The Labute approximate surface area is 158 Å². The molecule has 4 rings (SSSR count). The van der Waals surface area contributed by atoms with Gasteiger partial charge in [-0.3, -0.25) is 25.2 Å². The molecule has 2 aromatic heterocycles. The van der Waals surface area contributed by atoms with Crippen LogP contribution in [0.15, 0.2) is 63.8 Å². The highest BCUT2D eigenvalue weighted by molar-refractivity contribution is 6.06. The molecular weight excluding hydrogens is 360 g/mol. The van der Waals surface area contributed by atoms with Crippen LogP contribution in [0.3, 0.4) is 0 Å². The zero-order chi connectivity index (χ0) is 19.7. The van der Waals surface area contributed by atoms with Crippen LogP contribution < -0.4 is 16.4 Å². The molecule has 0 unspecified atom stereocenters. The zero-order valence-electron chi connectivity index (χ0n) is 14.9. The number of nitrogens with one attached hydrogen (secondary N) is 2. The molecule has 0 aliphatic rings. The summed E-state index contributed by atoms with van der Waals surface area (Å²) in [6.45, 7) is 2.07. The lowest BCUT2D eigenvalue weighted by Gasteiger charge is -2.10. The largest absolute Gasteiger partial charge is 0.451 e. The van der Waals surface area contributed by atoms with Crippen molar-refractivity contribution in [3.05, 3.63) is 76.4 Å². The van der Waals surface area contributed by atoms with E-state index in [1.54, 1.807) is 49.4 Å². The number of carbonyl (C=O) groups excluding carboxylic acids is 2. The lowest BCUT2D eigenvalue weighted by atomic mass is 10.1. The van der Waals surface area contributed by atoms with Crippen LogP contribution in [0.25, 0.3) is 21.7 Å². The minimum Gasteiger partial charge on any atom is -0.451 e. The molecule has 2 N–H and O–H groups in total. The van der Waals surface area contributed by atoms with Gasteiger partial charge in [-0.1, -0.05) is 36.4 Å². The van der Waals surface area contributed by atoms with Crippen molar-refractivity contribution in [3.8, 4) is 0 Å². The molecule has 2 aromatic carbocycles. The summed E-state index contributed by atoms with van der Waals surface area (Å²) in [5.74, 6) is -1.17. The Morgan fingerprint density at radius 3 is 2.43 bits per heavy atom. The van der Waals surface area contributed by atoms with Gasteiger partial charge in [-0.05, 0) is 25.1 Å². The van der Waals surface area contributed by atoms with E-state index in [2.05, 4.69) is 16.0 Å². The average Bonchev–Trinajstić information content (AvgIpc) is 3.16. The lowest BCUT2D eigenvalue weighted by Crippen LogP contribution is -2.42. The number of carbonyl (C=O) groups is 2. The summed E-state index contributed by atoms with van der Waals surface area (Å²) in [4.78, 5) is 37.3. The minimum atomic E-state index is -0.636. The SMILES string of the molecule is CCn1nc(C(=O)NNC(=O)c2cc3ccccc3o2)c2ccccc2c1=O. The predicted molar refractivity (Wildman–Crippen MR) is 103 cm³/mol. The van der Waals surface area contributed by atoms with Crippen LogP contribution in [0.1, 0.15) is 28.0 Å². The quantitative estimate of drug-likeness (QED) is 0.534. The number of amides is 2. The number of furan rings is 1. The van der Waals surface area contributed by atoms with Crippen LogP contribution in [-0.4, -0.2) is 21.6 Å². The monoisotopic (exact) mass is 376 g/mol. The van der Waals surface area contributed by atoms with Gasteiger partial charge in [-0.25, -0.2) is 4.68 Å². The number of hydrazine groups is 1. The normalized spacial score (nSPS) is 10.9. The first kappa shape index (κ1) is 17.5. The van der Waals surface area contributed by atoms with E-state index in [0.29, 0.717) is 22.9 Å². The topological polar surface area (TPSA) is 106 Å². The molecule has 0 saturated carbocycles. The van der Waals surface area contributed by atoms with Gasteiger partial charge in [-0.15, -0.1) is 0 Å². The number of benzene rings is 2. The number of fused-ring (bicyclic) bond motifs is 2. The molecule has 140 valence electrons. The average molecular weight is 376 g/mol. The number of rotatable bonds is 3. The summed E-state index contributed by atoms with van der Waals surface area (Å²) < 4.78 is 6.67. The third-order valence-electron chi connectivity index (χ3n) is 4.32. The third-order valence-corrected chi connectivity index (χ3v) is 4.32. The standard InChI is InChI=1S/C20H16N4O4/c1-2-24-20(27)14-9-5-4-8-13(14)17(23-24)19(26)22-21-18(25)16-11-12-7-3-6-10-15(12)28-16/h3-11H,2H2,1H3,(H,21,25)(H,22,26). The van der Waals surface area contributed by atoms with Gasteiger partial charge in [0.1, 0.15) is 5.58 Å². The summed E-state index contributed by atoms with van der Waals surface area (Å²) in [7, 11) is 0. The number of hydrogen-bond donors (Lipinski definition) is 2. The van der Waals surface area contributed by atoms with E-state index in [0.717, 1.165) is 5.39 Å². The van der Waals surface area contributed by atoms with Crippen molar-refractivity contribution in [1.82, 2.24) is 20.6 Å². The van der Waals surface area contributed by atoms with Crippen molar-refractivity contribution in [3.63, 3.8) is 0 Å². The van der Waals surface area contributed by atoms with Crippen LogP contribution in [0.2, 0.25) is 0 Å². The highest BCUT2D eigenvalue weighted by atomic mass is 16.3. The Kier molecular flexibility index (Phi) is 4.36. The molecule has 0 spiro atoms. The van der Waals surface area contributed by atoms with E-state index in [-0.39, 0.29) is 17.0 Å². The second kappa shape index (κ2) is 6.99. The third kappa shape index (κ3) is 3.01. The highest BCUT2D eigenvalue weighted by Crippen LogP contribution is 2.18. The summed E-state index contributed by atoms with van der Waals surface area (Å²) in [5, 5.41) is 5.69. The van der Waals surface area contributed by atoms with E-state index >= 15 is 0 Å². The molecule has 0 radical (unpaired) electrons. The first-order valence-electron chi connectivity index (χ1n) is 8.67. The summed E-state index contributed by atoms with van der Waals surface area (Å²) in [6, 6.07) is 15.5. The van der Waals surface area contributed by atoms with Gasteiger partial charge in [0.15, 0.2) is 11.5 Å². The zero-order valence-corrected chi connectivity index (χ0v) is 14.9. The van der Waals surface area contributed by atoms with Gasteiger partial charge in [0.05, 0.1) is 5.39 Å². The fourth-order valence-electron chi connectivity index (χ4n) is 2.95. The molecule has 0 aliphatic carbocycles. The van der Waals surface area contributed by atoms with Gasteiger partial charge in [0, 0.05) is 17.3 Å². The molecule has 28 heavy (non-hydrogen) atoms. The van der Waals surface area contributed by atoms with Crippen molar-refractivity contribution >= 4 is 33.6 Å². The van der Waals surface area contributed by atoms with Gasteiger partial charge < -0.3 is 4.42 Å². The highest BCUT2D eigenvalue weighted by Gasteiger charge is 2.18. The van der Waals surface area contributed by atoms with Crippen LogP contribution >= 0.6 is 0 Å². The Morgan fingerprint density at radius 2 is 1.68 bits per heavy atom. The Bertz CT molecular complexity index is 1240. The number of hydrogen-bond acceptors (Lipinski definition) is 5. The van der Waals surface area contributed by atoms with Gasteiger partial charge in [0.25, 0.3) is 11.5 Å². The number of aromatic nitrogens is 2.